The summed E-state index contributed by atoms with van der Waals surface area (Å²) in [7, 11) is 0. The molecule has 14 heavy (non-hydrogen) atoms. The Morgan fingerprint density at radius 1 is 1.14 bits per heavy atom. The van der Waals surface area contributed by atoms with Crippen molar-refractivity contribution in [1.29, 1.82) is 0 Å². The first-order valence-electron chi connectivity index (χ1n) is 4.48. The lowest BCUT2D eigenvalue weighted by Crippen LogP contribution is -1.83. The molecular weight excluding hydrogens is 174 g/mol. The van der Waals surface area contributed by atoms with E-state index in [1.807, 2.05) is 31.2 Å². The summed E-state index contributed by atoms with van der Waals surface area (Å²) < 4.78 is 0. The number of benzene rings is 1. The largest absolute Gasteiger partial charge is 0.506 e. The van der Waals surface area contributed by atoms with Gasteiger partial charge in [-0.2, -0.15) is 0 Å². The molecule has 0 aliphatic rings. The maximum Gasteiger partial charge on any atom is 0.141 e. The Kier molecular flexibility index (Phi) is 2.19. The zero-order chi connectivity index (χ0) is 9.97. The van der Waals surface area contributed by atoms with Gasteiger partial charge in [0.1, 0.15) is 11.4 Å². The van der Waals surface area contributed by atoms with Crippen molar-refractivity contribution in [2.45, 2.75) is 6.92 Å². The van der Waals surface area contributed by atoms with Crippen molar-refractivity contribution >= 4 is 0 Å². The van der Waals surface area contributed by atoms with Gasteiger partial charge in [-0.3, -0.25) is 4.98 Å². The van der Waals surface area contributed by atoms with Crippen LogP contribution in [-0.2, 0) is 0 Å². The molecule has 2 aromatic rings. The summed E-state index contributed by atoms with van der Waals surface area (Å²) in [4.78, 5) is 4.14. The third-order valence-electron chi connectivity index (χ3n) is 2.08. The molecule has 0 aliphatic carbocycles. The summed E-state index contributed by atoms with van der Waals surface area (Å²) in [5, 5.41) is 9.59. The average molecular weight is 185 g/mol. The van der Waals surface area contributed by atoms with E-state index >= 15 is 0 Å². The molecule has 2 nitrogen and oxygen atoms in total. The van der Waals surface area contributed by atoms with Gasteiger partial charge < -0.3 is 5.11 Å². The second-order valence-corrected chi connectivity index (χ2v) is 3.24. The van der Waals surface area contributed by atoms with Gasteiger partial charge >= 0.3 is 0 Å². The van der Waals surface area contributed by atoms with Crippen molar-refractivity contribution in [3.05, 3.63) is 48.2 Å². The second-order valence-electron chi connectivity index (χ2n) is 3.24. The second kappa shape index (κ2) is 3.50. The molecule has 0 radical (unpaired) electrons. The van der Waals surface area contributed by atoms with Crippen LogP contribution in [0.5, 0.6) is 5.75 Å². The van der Waals surface area contributed by atoms with Crippen LogP contribution < -0.4 is 0 Å². The molecule has 0 bridgehead atoms. The maximum atomic E-state index is 9.59. The lowest BCUT2D eigenvalue weighted by atomic mass is 10.1. The van der Waals surface area contributed by atoms with E-state index in [0.29, 0.717) is 5.69 Å². The first-order chi connectivity index (χ1) is 6.77. The molecule has 0 amide bonds. The zero-order valence-corrected chi connectivity index (χ0v) is 7.94. The van der Waals surface area contributed by atoms with E-state index in [1.165, 1.54) is 0 Å². The summed E-state index contributed by atoms with van der Waals surface area (Å²) in [5.74, 6) is 0.220. The Morgan fingerprint density at radius 2 is 2.00 bits per heavy atom. The Bertz CT molecular complexity index is 452. The van der Waals surface area contributed by atoms with Crippen molar-refractivity contribution in [3.63, 3.8) is 0 Å². The van der Waals surface area contributed by atoms with Crippen LogP contribution in [0.1, 0.15) is 5.56 Å². The topological polar surface area (TPSA) is 33.1 Å². The molecular formula is C12H11NO. The van der Waals surface area contributed by atoms with Crippen LogP contribution in [0.4, 0.5) is 0 Å². The fourth-order valence-electron chi connectivity index (χ4n) is 1.41. The summed E-state index contributed by atoms with van der Waals surface area (Å²) >= 11 is 0. The molecule has 1 aromatic carbocycles. The minimum atomic E-state index is 0.220. The van der Waals surface area contributed by atoms with Crippen LogP contribution >= 0.6 is 0 Å². The molecule has 0 saturated heterocycles. The fraction of sp³-hybridized carbons (Fsp3) is 0.0833. The van der Waals surface area contributed by atoms with E-state index in [-0.39, 0.29) is 5.75 Å². The van der Waals surface area contributed by atoms with Crippen molar-refractivity contribution in [1.82, 2.24) is 4.98 Å². The van der Waals surface area contributed by atoms with Crippen molar-refractivity contribution < 1.29 is 5.11 Å². The third kappa shape index (κ3) is 1.59. The lowest BCUT2D eigenvalue weighted by Gasteiger charge is -2.03. The third-order valence-corrected chi connectivity index (χ3v) is 2.08. The zero-order valence-electron chi connectivity index (χ0n) is 7.94. The van der Waals surface area contributed by atoms with Crippen LogP contribution in [0, 0.1) is 6.92 Å². The highest BCUT2D eigenvalue weighted by molar-refractivity contribution is 5.65. The highest BCUT2D eigenvalue weighted by atomic mass is 16.3. The summed E-state index contributed by atoms with van der Waals surface area (Å²) in [6.07, 6.45) is 1.68. The van der Waals surface area contributed by atoms with Gasteiger partial charge in [-0.15, -0.1) is 0 Å². The van der Waals surface area contributed by atoms with Crippen molar-refractivity contribution in [2.24, 2.45) is 0 Å². The summed E-state index contributed by atoms with van der Waals surface area (Å²) in [6.45, 7) is 2.02. The van der Waals surface area contributed by atoms with Gasteiger partial charge in [0.05, 0.1) is 0 Å². The number of nitrogens with zero attached hydrogens (tertiary/aromatic N) is 1. The first kappa shape index (κ1) is 8.75. The van der Waals surface area contributed by atoms with Gasteiger partial charge in [-0.25, -0.2) is 0 Å². The Balaban J connectivity index is 2.55. The van der Waals surface area contributed by atoms with E-state index in [2.05, 4.69) is 4.98 Å². The van der Waals surface area contributed by atoms with Gasteiger partial charge in [0.15, 0.2) is 0 Å². The minimum absolute atomic E-state index is 0.220. The lowest BCUT2D eigenvalue weighted by molar-refractivity contribution is 0.475. The number of pyridine rings is 1. The van der Waals surface area contributed by atoms with E-state index in [0.717, 1.165) is 11.1 Å². The van der Waals surface area contributed by atoms with Crippen LogP contribution in [0.2, 0.25) is 0 Å². The average Bonchev–Trinajstić information content (AvgIpc) is 2.18. The monoisotopic (exact) mass is 185 g/mol. The molecule has 1 aromatic heterocycles. The highest BCUT2D eigenvalue weighted by Gasteiger charge is 2.03. The Hall–Kier alpha value is -1.83. The molecule has 0 spiro atoms. The number of rotatable bonds is 1. The Morgan fingerprint density at radius 3 is 2.71 bits per heavy atom. The quantitative estimate of drug-likeness (QED) is 0.741. The van der Waals surface area contributed by atoms with E-state index in [4.69, 9.17) is 0 Å². The van der Waals surface area contributed by atoms with Gasteiger partial charge in [0.25, 0.3) is 0 Å². The maximum absolute atomic E-state index is 9.59. The number of aromatic nitrogens is 1. The molecule has 2 rings (SSSR count). The molecule has 1 N–H and O–H groups in total. The molecule has 0 aliphatic heterocycles. The molecule has 0 unspecified atom stereocenters. The summed E-state index contributed by atoms with van der Waals surface area (Å²) in [5.41, 5.74) is 2.74. The fourth-order valence-corrected chi connectivity index (χ4v) is 1.41. The minimum Gasteiger partial charge on any atom is -0.506 e. The molecule has 70 valence electrons. The summed E-state index contributed by atoms with van der Waals surface area (Å²) in [6, 6.07) is 11.3. The van der Waals surface area contributed by atoms with E-state index in [9.17, 15) is 5.11 Å². The van der Waals surface area contributed by atoms with Gasteiger partial charge in [-0.05, 0) is 25.1 Å². The number of hydrogen-bond acceptors (Lipinski definition) is 2. The number of hydrogen-bond donors (Lipinski definition) is 1. The van der Waals surface area contributed by atoms with Gasteiger partial charge in [0.2, 0.25) is 0 Å². The van der Waals surface area contributed by atoms with Crippen molar-refractivity contribution in [2.75, 3.05) is 0 Å². The Labute approximate surface area is 82.9 Å². The molecule has 0 atom stereocenters. The van der Waals surface area contributed by atoms with Gasteiger partial charge in [-0.1, -0.05) is 23.8 Å². The predicted octanol–water partition coefficient (Wildman–Crippen LogP) is 2.76. The van der Waals surface area contributed by atoms with Crippen LogP contribution in [0.3, 0.4) is 0 Å². The first-order valence-corrected chi connectivity index (χ1v) is 4.48. The number of aryl methyl sites for hydroxylation is 1. The number of aromatic hydroxyl groups is 1. The standard InChI is InChI=1S/C12H11NO/c1-9-4-2-5-10(8-9)12-11(14)6-3-7-13-12/h2-8,14H,1H3. The molecule has 0 saturated carbocycles. The predicted molar refractivity (Wildman–Crippen MR) is 56.1 cm³/mol. The SMILES string of the molecule is Cc1cccc(-c2ncccc2O)c1. The van der Waals surface area contributed by atoms with E-state index in [1.54, 1.807) is 18.3 Å². The highest BCUT2D eigenvalue weighted by Crippen LogP contribution is 2.26. The molecule has 2 heteroatoms. The van der Waals surface area contributed by atoms with Crippen LogP contribution in [0.25, 0.3) is 11.3 Å². The van der Waals surface area contributed by atoms with Crippen LogP contribution in [-0.4, -0.2) is 10.1 Å². The molecule has 0 fully saturated rings. The smallest absolute Gasteiger partial charge is 0.141 e. The van der Waals surface area contributed by atoms with Gasteiger partial charge in [0, 0.05) is 11.8 Å². The van der Waals surface area contributed by atoms with Crippen LogP contribution in [0.15, 0.2) is 42.6 Å². The van der Waals surface area contributed by atoms with Crippen molar-refractivity contribution in [3.8, 4) is 17.0 Å². The van der Waals surface area contributed by atoms with E-state index < -0.39 is 0 Å². The normalized spacial score (nSPS) is 10.1. The molecule has 1 heterocycles.